The Hall–Kier alpha value is -0.830. The summed E-state index contributed by atoms with van der Waals surface area (Å²) < 4.78 is 0. The summed E-state index contributed by atoms with van der Waals surface area (Å²) in [4.78, 5) is 11.8. The first kappa shape index (κ1) is 10.3. The summed E-state index contributed by atoms with van der Waals surface area (Å²) in [7, 11) is 0. The molecule has 2 saturated carbocycles. The molecule has 0 aliphatic heterocycles. The van der Waals surface area contributed by atoms with E-state index >= 15 is 0 Å². The molecule has 1 amide bonds. The summed E-state index contributed by atoms with van der Waals surface area (Å²) in [5.41, 5.74) is 0. The third-order valence-corrected chi connectivity index (χ3v) is 4.14. The Morgan fingerprint density at radius 3 is 2.94 bits per heavy atom. The SMILES string of the molecule is CC(NC1CC2CC=CC21)C(=O)NC1CC1. The Kier molecular flexibility index (Phi) is 2.51. The molecule has 0 aromatic carbocycles. The molecular weight excluding hydrogens is 200 g/mol. The van der Waals surface area contributed by atoms with Crippen molar-refractivity contribution in [2.45, 2.75) is 50.7 Å². The summed E-state index contributed by atoms with van der Waals surface area (Å²) in [5.74, 6) is 1.72. The molecule has 0 heterocycles. The van der Waals surface area contributed by atoms with Crippen LogP contribution in [0, 0.1) is 11.8 Å². The van der Waals surface area contributed by atoms with E-state index in [1.165, 1.54) is 12.8 Å². The van der Waals surface area contributed by atoms with Gasteiger partial charge in [0, 0.05) is 12.1 Å². The minimum Gasteiger partial charge on any atom is -0.352 e. The van der Waals surface area contributed by atoms with Crippen molar-refractivity contribution >= 4 is 5.91 Å². The molecule has 0 spiro atoms. The molecule has 0 aromatic rings. The highest BCUT2D eigenvalue weighted by Gasteiger charge is 2.42. The van der Waals surface area contributed by atoms with E-state index in [4.69, 9.17) is 0 Å². The Bertz CT molecular complexity index is 322. The van der Waals surface area contributed by atoms with Crippen molar-refractivity contribution < 1.29 is 4.79 Å². The van der Waals surface area contributed by atoms with E-state index in [1.807, 2.05) is 6.92 Å². The van der Waals surface area contributed by atoms with Crippen LogP contribution in [0.1, 0.15) is 32.6 Å². The number of allylic oxidation sites excluding steroid dienone is 1. The zero-order chi connectivity index (χ0) is 11.1. The van der Waals surface area contributed by atoms with Crippen LogP contribution in [0.25, 0.3) is 0 Å². The first-order valence-electron chi connectivity index (χ1n) is 6.47. The maximum absolute atomic E-state index is 11.8. The Morgan fingerprint density at radius 2 is 2.25 bits per heavy atom. The maximum Gasteiger partial charge on any atom is 0.237 e. The van der Waals surface area contributed by atoms with Crippen LogP contribution in [0.5, 0.6) is 0 Å². The van der Waals surface area contributed by atoms with Gasteiger partial charge in [0.05, 0.1) is 6.04 Å². The molecule has 0 bridgehead atoms. The minimum atomic E-state index is -0.0412. The number of amides is 1. The van der Waals surface area contributed by atoms with Gasteiger partial charge in [0.1, 0.15) is 0 Å². The fraction of sp³-hybridized carbons (Fsp3) is 0.769. The van der Waals surface area contributed by atoms with Gasteiger partial charge in [0.25, 0.3) is 0 Å². The molecule has 3 aliphatic rings. The van der Waals surface area contributed by atoms with Crippen molar-refractivity contribution in [3.63, 3.8) is 0 Å². The number of rotatable bonds is 4. The molecule has 2 fully saturated rings. The monoisotopic (exact) mass is 220 g/mol. The predicted molar refractivity (Wildman–Crippen MR) is 62.9 cm³/mol. The van der Waals surface area contributed by atoms with E-state index in [9.17, 15) is 4.79 Å². The second kappa shape index (κ2) is 3.88. The van der Waals surface area contributed by atoms with Crippen molar-refractivity contribution in [3.05, 3.63) is 12.2 Å². The summed E-state index contributed by atoms with van der Waals surface area (Å²) in [6, 6.07) is 0.960. The molecule has 4 unspecified atom stereocenters. The number of fused-ring (bicyclic) bond motifs is 1. The minimum absolute atomic E-state index is 0.0412. The lowest BCUT2D eigenvalue weighted by Crippen LogP contribution is -2.55. The number of carbonyl (C=O) groups is 1. The lowest BCUT2D eigenvalue weighted by molar-refractivity contribution is -0.123. The average molecular weight is 220 g/mol. The van der Waals surface area contributed by atoms with Crippen LogP contribution in [0.3, 0.4) is 0 Å². The zero-order valence-electron chi connectivity index (χ0n) is 9.78. The van der Waals surface area contributed by atoms with E-state index in [0.29, 0.717) is 18.0 Å². The lowest BCUT2D eigenvalue weighted by atomic mass is 9.71. The summed E-state index contributed by atoms with van der Waals surface area (Å²) in [6.45, 7) is 1.98. The summed E-state index contributed by atoms with van der Waals surface area (Å²) in [6.07, 6.45) is 9.40. The highest BCUT2D eigenvalue weighted by Crippen LogP contribution is 2.42. The van der Waals surface area contributed by atoms with E-state index < -0.39 is 0 Å². The number of hydrogen-bond donors (Lipinski definition) is 2. The van der Waals surface area contributed by atoms with Gasteiger partial charge < -0.3 is 10.6 Å². The standard InChI is InChI=1S/C13H20N2O/c1-8(13(16)15-10-5-6-10)14-12-7-9-3-2-4-11(9)12/h2,4,8-12,14H,3,5-7H2,1H3,(H,15,16). The molecule has 0 aromatic heterocycles. The molecule has 16 heavy (non-hydrogen) atoms. The number of carbonyl (C=O) groups excluding carboxylic acids is 1. The van der Waals surface area contributed by atoms with Crippen molar-refractivity contribution in [1.29, 1.82) is 0 Å². The Balaban J connectivity index is 1.46. The molecule has 88 valence electrons. The van der Waals surface area contributed by atoms with Gasteiger partial charge in [0.15, 0.2) is 0 Å². The molecule has 4 atom stereocenters. The zero-order valence-corrected chi connectivity index (χ0v) is 9.78. The molecular formula is C13H20N2O. The first-order chi connectivity index (χ1) is 7.74. The largest absolute Gasteiger partial charge is 0.352 e. The van der Waals surface area contributed by atoms with Crippen molar-refractivity contribution in [2.24, 2.45) is 11.8 Å². The number of hydrogen-bond acceptors (Lipinski definition) is 2. The van der Waals surface area contributed by atoms with E-state index in [0.717, 1.165) is 18.8 Å². The second-order valence-corrected chi connectivity index (χ2v) is 5.51. The van der Waals surface area contributed by atoms with Crippen molar-refractivity contribution in [2.75, 3.05) is 0 Å². The predicted octanol–water partition coefficient (Wildman–Crippen LogP) is 1.21. The highest BCUT2D eigenvalue weighted by molar-refractivity contribution is 5.81. The molecule has 3 nitrogen and oxygen atoms in total. The van der Waals surface area contributed by atoms with Gasteiger partial charge in [0.2, 0.25) is 5.91 Å². The van der Waals surface area contributed by atoms with Gasteiger partial charge in [-0.2, -0.15) is 0 Å². The molecule has 0 radical (unpaired) electrons. The maximum atomic E-state index is 11.8. The lowest BCUT2D eigenvalue weighted by Gasteiger charge is -2.42. The van der Waals surface area contributed by atoms with Crippen LogP contribution in [0.15, 0.2) is 12.2 Å². The van der Waals surface area contributed by atoms with E-state index in [2.05, 4.69) is 22.8 Å². The van der Waals surface area contributed by atoms with Crippen LogP contribution in [0.4, 0.5) is 0 Å². The normalized spacial score (nSPS) is 37.7. The van der Waals surface area contributed by atoms with Crippen LogP contribution in [-0.4, -0.2) is 24.0 Å². The second-order valence-electron chi connectivity index (χ2n) is 5.51. The van der Waals surface area contributed by atoms with Crippen LogP contribution in [0.2, 0.25) is 0 Å². The third-order valence-electron chi connectivity index (χ3n) is 4.14. The molecule has 0 saturated heterocycles. The van der Waals surface area contributed by atoms with Gasteiger partial charge in [-0.3, -0.25) is 4.79 Å². The van der Waals surface area contributed by atoms with Crippen molar-refractivity contribution in [3.8, 4) is 0 Å². The van der Waals surface area contributed by atoms with Gasteiger partial charge >= 0.3 is 0 Å². The highest BCUT2D eigenvalue weighted by atomic mass is 16.2. The topological polar surface area (TPSA) is 41.1 Å². The first-order valence-corrected chi connectivity index (χ1v) is 6.47. The van der Waals surface area contributed by atoms with Gasteiger partial charge in [-0.1, -0.05) is 12.2 Å². The van der Waals surface area contributed by atoms with Gasteiger partial charge in [-0.15, -0.1) is 0 Å². The molecule has 3 rings (SSSR count). The summed E-state index contributed by atoms with van der Waals surface area (Å²) >= 11 is 0. The average Bonchev–Trinajstić information content (AvgIpc) is 2.96. The van der Waals surface area contributed by atoms with Crippen molar-refractivity contribution in [1.82, 2.24) is 10.6 Å². The number of nitrogens with one attached hydrogen (secondary N) is 2. The van der Waals surface area contributed by atoms with Crippen LogP contribution >= 0.6 is 0 Å². The summed E-state index contributed by atoms with van der Waals surface area (Å²) in [5, 5.41) is 6.50. The fourth-order valence-electron chi connectivity index (χ4n) is 2.86. The van der Waals surface area contributed by atoms with Crippen LogP contribution in [-0.2, 0) is 4.79 Å². The van der Waals surface area contributed by atoms with Gasteiger partial charge in [-0.25, -0.2) is 0 Å². The Labute approximate surface area is 96.7 Å². The fourth-order valence-corrected chi connectivity index (χ4v) is 2.86. The van der Waals surface area contributed by atoms with Crippen LogP contribution < -0.4 is 10.6 Å². The van der Waals surface area contributed by atoms with E-state index in [-0.39, 0.29) is 11.9 Å². The smallest absolute Gasteiger partial charge is 0.237 e. The third kappa shape index (κ3) is 1.88. The molecule has 3 aliphatic carbocycles. The molecule has 3 heteroatoms. The quantitative estimate of drug-likeness (QED) is 0.699. The van der Waals surface area contributed by atoms with Gasteiger partial charge in [-0.05, 0) is 44.4 Å². The van der Waals surface area contributed by atoms with E-state index in [1.54, 1.807) is 0 Å². The Morgan fingerprint density at radius 1 is 1.44 bits per heavy atom. The molecule has 2 N–H and O–H groups in total.